The van der Waals surface area contributed by atoms with Crippen LogP contribution in [-0.4, -0.2) is 9.55 Å². The number of para-hydroxylation sites is 2. The number of benzene rings is 2. The monoisotopic (exact) mass is 221 g/mol. The van der Waals surface area contributed by atoms with Crippen LogP contribution in [0.25, 0.3) is 11.0 Å². The molecule has 17 heavy (non-hydrogen) atoms. The molecule has 0 aliphatic carbocycles. The molecule has 0 aliphatic heterocycles. The first kappa shape index (κ1) is 10.1. The topological polar surface area (TPSA) is 17.8 Å². The number of rotatable bonds is 2. The molecule has 0 aliphatic rings. The molecule has 0 saturated carbocycles. The Kier molecular flexibility index (Phi) is 2.41. The summed E-state index contributed by atoms with van der Waals surface area (Å²) in [7, 11) is 0. The molecule has 0 bridgehead atoms. The van der Waals surface area contributed by atoms with Crippen molar-refractivity contribution in [3.63, 3.8) is 0 Å². The summed E-state index contributed by atoms with van der Waals surface area (Å²) >= 11 is 0. The van der Waals surface area contributed by atoms with Gasteiger partial charge in [0.2, 0.25) is 0 Å². The van der Waals surface area contributed by atoms with Crippen molar-refractivity contribution in [2.24, 2.45) is 0 Å². The first-order chi connectivity index (χ1) is 8.34. The molecule has 1 radical (unpaired) electrons. The summed E-state index contributed by atoms with van der Waals surface area (Å²) in [4.78, 5) is 4.56. The summed E-state index contributed by atoms with van der Waals surface area (Å²) in [6, 6.07) is 19.4. The molecule has 0 spiro atoms. The van der Waals surface area contributed by atoms with Crippen molar-refractivity contribution >= 4 is 11.0 Å². The molecule has 1 aromatic heterocycles. The molecule has 0 N–H and O–H groups in total. The van der Waals surface area contributed by atoms with Crippen LogP contribution in [0.1, 0.15) is 11.4 Å². The van der Waals surface area contributed by atoms with Crippen LogP contribution in [0.15, 0.2) is 48.5 Å². The maximum absolute atomic E-state index is 4.56. The Morgan fingerprint density at radius 3 is 2.88 bits per heavy atom. The van der Waals surface area contributed by atoms with Crippen LogP contribution in [0.5, 0.6) is 0 Å². The summed E-state index contributed by atoms with van der Waals surface area (Å²) in [6.07, 6.45) is 0. The zero-order valence-corrected chi connectivity index (χ0v) is 9.72. The van der Waals surface area contributed by atoms with Crippen molar-refractivity contribution < 1.29 is 0 Å². The molecule has 2 aromatic carbocycles. The van der Waals surface area contributed by atoms with Gasteiger partial charge in [0.15, 0.2) is 0 Å². The number of fused-ring (bicyclic) bond motifs is 1. The summed E-state index contributed by atoms with van der Waals surface area (Å²) in [5.41, 5.74) is 3.50. The highest BCUT2D eigenvalue weighted by Gasteiger charge is 2.06. The minimum Gasteiger partial charge on any atom is -0.324 e. The van der Waals surface area contributed by atoms with Crippen LogP contribution in [0.3, 0.4) is 0 Å². The van der Waals surface area contributed by atoms with Gasteiger partial charge in [-0.15, -0.1) is 0 Å². The van der Waals surface area contributed by atoms with Gasteiger partial charge >= 0.3 is 0 Å². The Morgan fingerprint density at radius 2 is 2.06 bits per heavy atom. The molecule has 83 valence electrons. The van der Waals surface area contributed by atoms with Crippen LogP contribution in [0.4, 0.5) is 0 Å². The average molecular weight is 221 g/mol. The lowest BCUT2D eigenvalue weighted by Gasteiger charge is -2.06. The first-order valence-electron chi connectivity index (χ1n) is 5.71. The van der Waals surface area contributed by atoms with E-state index in [2.05, 4.69) is 39.9 Å². The molecular weight excluding hydrogens is 208 g/mol. The number of imidazole rings is 1. The average Bonchev–Trinajstić information content (AvgIpc) is 2.68. The third kappa shape index (κ3) is 1.82. The van der Waals surface area contributed by atoms with Gasteiger partial charge in [-0.1, -0.05) is 30.3 Å². The van der Waals surface area contributed by atoms with Crippen LogP contribution in [-0.2, 0) is 6.54 Å². The van der Waals surface area contributed by atoms with Crippen molar-refractivity contribution in [1.29, 1.82) is 0 Å². The normalized spacial score (nSPS) is 10.9. The van der Waals surface area contributed by atoms with Gasteiger partial charge in [-0.05, 0) is 36.8 Å². The van der Waals surface area contributed by atoms with E-state index in [1.54, 1.807) is 0 Å². The van der Waals surface area contributed by atoms with Crippen LogP contribution >= 0.6 is 0 Å². The molecule has 0 fully saturated rings. The Bertz CT molecular complexity index is 638. The maximum atomic E-state index is 4.56. The SMILES string of the molecule is Cc1nc2ccccc2n1Cc1c[c]ccc1. The number of aromatic nitrogens is 2. The molecule has 0 saturated heterocycles. The smallest absolute Gasteiger partial charge is 0.107 e. The van der Waals surface area contributed by atoms with Crippen molar-refractivity contribution in [3.8, 4) is 0 Å². The van der Waals surface area contributed by atoms with E-state index >= 15 is 0 Å². The molecule has 3 aromatic rings. The summed E-state index contributed by atoms with van der Waals surface area (Å²) < 4.78 is 2.23. The van der Waals surface area contributed by atoms with Gasteiger partial charge < -0.3 is 4.57 Å². The van der Waals surface area contributed by atoms with Crippen molar-refractivity contribution in [3.05, 3.63) is 66.0 Å². The molecule has 0 atom stereocenters. The summed E-state index contributed by atoms with van der Waals surface area (Å²) in [5, 5.41) is 0. The minimum atomic E-state index is 0.851. The van der Waals surface area contributed by atoms with Crippen molar-refractivity contribution in [1.82, 2.24) is 9.55 Å². The molecule has 3 rings (SSSR count). The van der Waals surface area contributed by atoms with E-state index in [0.29, 0.717) is 0 Å². The zero-order valence-electron chi connectivity index (χ0n) is 9.72. The second-order valence-electron chi connectivity index (χ2n) is 4.15. The lowest BCUT2D eigenvalue weighted by atomic mass is 10.2. The lowest BCUT2D eigenvalue weighted by Crippen LogP contribution is -2.01. The van der Waals surface area contributed by atoms with Crippen LogP contribution in [0, 0.1) is 13.0 Å². The van der Waals surface area contributed by atoms with Gasteiger partial charge in [0.25, 0.3) is 0 Å². The lowest BCUT2D eigenvalue weighted by molar-refractivity contribution is 0.786. The van der Waals surface area contributed by atoms with E-state index in [-0.39, 0.29) is 0 Å². The maximum Gasteiger partial charge on any atom is 0.107 e. The van der Waals surface area contributed by atoms with Gasteiger partial charge in [-0.2, -0.15) is 0 Å². The Hall–Kier alpha value is -2.09. The number of aryl methyl sites for hydroxylation is 1. The van der Waals surface area contributed by atoms with E-state index in [9.17, 15) is 0 Å². The second-order valence-corrected chi connectivity index (χ2v) is 4.15. The van der Waals surface area contributed by atoms with Crippen molar-refractivity contribution in [2.45, 2.75) is 13.5 Å². The molecule has 2 nitrogen and oxygen atoms in total. The Morgan fingerprint density at radius 1 is 1.18 bits per heavy atom. The Balaban J connectivity index is 2.08. The van der Waals surface area contributed by atoms with Gasteiger partial charge in [0, 0.05) is 6.54 Å². The minimum absolute atomic E-state index is 0.851. The molecule has 0 unspecified atom stereocenters. The summed E-state index contributed by atoms with van der Waals surface area (Å²) in [6.45, 7) is 2.90. The van der Waals surface area contributed by atoms with Crippen LogP contribution < -0.4 is 0 Å². The highest BCUT2D eigenvalue weighted by molar-refractivity contribution is 5.75. The standard InChI is InChI=1S/C15H13N2/c1-12-16-14-9-5-6-10-15(14)17(12)11-13-7-3-2-4-8-13/h2-3,5-10H,11H2,1H3. The zero-order chi connectivity index (χ0) is 11.7. The molecule has 2 heteroatoms. The van der Waals surface area contributed by atoms with E-state index in [0.717, 1.165) is 17.9 Å². The largest absolute Gasteiger partial charge is 0.324 e. The second kappa shape index (κ2) is 4.06. The van der Waals surface area contributed by atoms with Crippen molar-refractivity contribution in [2.75, 3.05) is 0 Å². The highest BCUT2D eigenvalue weighted by atomic mass is 15.1. The van der Waals surface area contributed by atoms with Gasteiger partial charge in [0.05, 0.1) is 11.0 Å². The van der Waals surface area contributed by atoms with E-state index < -0.39 is 0 Å². The first-order valence-corrected chi connectivity index (χ1v) is 5.71. The third-order valence-electron chi connectivity index (χ3n) is 2.96. The van der Waals surface area contributed by atoms with E-state index in [1.807, 2.05) is 31.2 Å². The van der Waals surface area contributed by atoms with Crippen LogP contribution in [0.2, 0.25) is 0 Å². The number of nitrogens with zero attached hydrogens (tertiary/aromatic N) is 2. The van der Waals surface area contributed by atoms with Gasteiger partial charge in [-0.3, -0.25) is 0 Å². The predicted octanol–water partition coefficient (Wildman–Crippen LogP) is 3.19. The summed E-state index contributed by atoms with van der Waals surface area (Å²) in [5.74, 6) is 1.05. The fraction of sp³-hybridized carbons (Fsp3) is 0.133. The fourth-order valence-corrected chi connectivity index (χ4v) is 2.11. The number of hydrogen-bond donors (Lipinski definition) is 0. The predicted molar refractivity (Wildman–Crippen MR) is 68.9 cm³/mol. The molecule has 1 heterocycles. The van der Waals surface area contributed by atoms with E-state index in [4.69, 9.17) is 0 Å². The third-order valence-corrected chi connectivity index (χ3v) is 2.96. The fourth-order valence-electron chi connectivity index (χ4n) is 2.11. The molecule has 0 amide bonds. The van der Waals surface area contributed by atoms with Gasteiger partial charge in [-0.25, -0.2) is 4.98 Å². The highest BCUT2D eigenvalue weighted by Crippen LogP contribution is 2.17. The Labute approximate surface area is 101 Å². The molecular formula is C15H13N2. The quantitative estimate of drug-likeness (QED) is 0.649. The van der Waals surface area contributed by atoms with E-state index in [1.165, 1.54) is 11.1 Å². The van der Waals surface area contributed by atoms with Gasteiger partial charge in [0.1, 0.15) is 5.82 Å². The number of hydrogen-bond acceptors (Lipinski definition) is 1.